The quantitative estimate of drug-likeness (QED) is 0.670. The third-order valence-electron chi connectivity index (χ3n) is 2.54. The lowest BCUT2D eigenvalue weighted by Gasteiger charge is -2.15. The Morgan fingerprint density at radius 2 is 2.05 bits per heavy atom. The zero-order valence-electron chi connectivity index (χ0n) is 10.9. The van der Waals surface area contributed by atoms with Crippen molar-refractivity contribution in [1.82, 2.24) is 4.72 Å². The summed E-state index contributed by atoms with van der Waals surface area (Å²) in [6, 6.07) is 1.48. The summed E-state index contributed by atoms with van der Waals surface area (Å²) in [4.78, 5) is 11.2. The topological polar surface area (TPSA) is 83.5 Å². The van der Waals surface area contributed by atoms with Crippen LogP contribution in [0.25, 0.3) is 0 Å². The molecule has 1 heterocycles. The van der Waals surface area contributed by atoms with E-state index in [0.29, 0.717) is 14.0 Å². The zero-order chi connectivity index (χ0) is 15.5. The van der Waals surface area contributed by atoms with Crippen LogP contribution in [0.15, 0.2) is 18.5 Å². The summed E-state index contributed by atoms with van der Waals surface area (Å²) in [6.07, 6.45) is 0.423. The number of carboxylic acids is 1. The van der Waals surface area contributed by atoms with Gasteiger partial charge in [0.2, 0.25) is 10.0 Å². The largest absolute Gasteiger partial charge is 0.481 e. The van der Waals surface area contributed by atoms with E-state index in [1.165, 1.54) is 17.4 Å². The van der Waals surface area contributed by atoms with Gasteiger partial charge in [-0.05, 0) is 50.3 Å². The van der Waals surface area contributed by atoms with Crippen molar-refractivity contribution in [3.05, 3.63) is 13.6 Å². The van der Waals surface area contributed by atoms with Gasteiger partial charge in [-0.15, -0.1) is 11.3 Å². The van der Waals surface area contributed by atoms with Gasteiger partial charge in [-0.25, -0.2) is 13.1 Å². The molecule has 1 unspecified atom stereocenters. The Kier molecular flexibility index (Phi) is 6.65. The fourth-order valence-corrected chi connectivity index (χ4v) is 6.53. The molecule has 114 valence electrons. The van der Waals surface area contributed by atoms with Gasteiger partial charge in [0.25, 0.3) is 0 Å². The van der Waals surface area contributed by atoms with E-state index in [1.807, 2.05) is 13.8 Å². The molecular formula is C11H15Br2NO4S2. The Hall–Kier alpha value is 0.0400. The second kappa shape index (κ2) is 7.35. The number of carboxylic acid groups (broad SMARTS) is 1. The number of sulfonamides is 1. The summed E-state index contributed by atoms with van der Waals surface area (Å²) >= 11 is 7.64. The highest BCUT2D eigenvalue weighted by molar-refractivity contribution is 9.12. The molecule has 0 aliphatic heterocycles. The van der Waals surface area contributed by atoms with Gasteiger partial charge in [0.15, 0.2) is 0 Å². The second-order valence-electron chi connectivity index (χ2n) is 4.71. The molecule has 1 atom stereocenters. The van der Waals surface area contributed by atoms with Crippen molar-refractivity contribution in [2.75, 3.05) is 6.54 Å². The number of nitrogens with one attached hydrogen (secondary N) is 1. The molecule has 1 rings (SSSR count). The minimum absolute atomic E-state index is 0.114. The van der Waals surface area contributed by atoms with E-state index in [-0.39, 0.29) is 17.4 Å². The van der Waals surface area contributed by atoms with Crippen molar-refractivity contribution in [1.29, 1.82) is 0 Å². The zero-order valence-corrected chi connectivity index (χ0v) is 15.7. The number of carbonyl (C=O) groups is 1. The Morgan fingerprint density at radius 1 is 1.45 bits per heavy atom. The molecule has 0 spiro atoms. The molecule has 0 radical (unpaired) electrons. The van der Waals surface area contributed by atoms with E-state index >= 15 is 0 Å². The molecule has 0 fully saturated rings. The monoisotopic (exact) mass is 447 g/mol. The molecule has 0 bridgehead atoms. The molecule has 0 amide bonds. The molecule has 1 aromatic rings. The predicted molar refractivity (Wildman–Crippen MR) is 85.5 cm³/mol. The highest BCUT2D eigenvalue weighted by atomic mass is 79.9. The standard InChI is InChI=1S/C11H15Br2NO4S2/c1-6(2)3-7(11(15)16)5-14-20(17,18)8-4-9(12)19-10(8)13/h4,6-7,14H,3,5H2,1-2H3,(H,15,16). The van der Waals surface area contributed by atoms with Crippen molar-refractivity contribution >= 4 is 59.2 Å². The van der Waals surface area contributed by atoms with Crippen LogP contribution in [0.1, 0.15) is 20.3 Å². The van der Waals surface area contributed by atoms with Crippen LogP contribution in [-0.4, -0.2) is 26.0 Å². The molecule has 0 aliphatic carbocycles. The molecule has 0 saturated carbocycles. The lowest BCUT2D eigenvalue weighted by Crippen LogP contribution is -2.33. The van der Waals surface area contributed by atoms with E-state index < -0.39 is 21.9 Å². The first-order valence-electron chi connectivity index (χ1n) is 5.80. The molecule has 1 aromatic heterocycles. The summed E-state index contributed by atoms with van der Waals surface area (Å²) < 4.78 is 27.8. The number of halogens is 2. The number of hydrogen-bond acceptors (Lipinski definition) is 4. The summed E-state index contributed by atoms with van der Waals surface area (Å²) in [5.74, 6) is -1.54. The van der Waals surface area contributed by atoms with Crippen LogP contribution < -0.4 is 4.72 Å². The number of aliphatic carboxylic acids is 1. The van der Waals surface area contributed by atoms with Gasteiger partial charge >= 0.3 is 5.97 Å². The molecule has 0 aromatic carbocycles. The summed E-state index contributed by atoms with van der Waals surface area (Å²) in [7, 11) is -3.71. The lowest BCUT2D eigenvalue weighted by atomic mass is 9.98. The first kappa shape index (κ1) is 18.1. The number of hydrogen-bond donors (Lipinski definition) is 2. The Labute approximate surface area is 139 Å². The van der Waals surface area contributed by atoms with Gasteiger partial charge in [-0.3, -0.25) is 4.79 Å². The minimum Gasteiger partial charge on any atom is -0.481 e. The molecule has 0 saturated heterocycles. The highest BCUT2D eigenvalue weighted by Crippen LogP contribution is 2.34. The predicted octanol–water partition coefficient (Wildman–Crippen LogP) is 3.30. The Morgan fingerprint density at radius 3 is 2.45 bits per heavy atom. The summed E-state index contributed by atoms with van der Waals surface area (Å²) in [5.41, 5.74) is 0. The third kappa shape index (κ3) is 5.10. The van der Waals surface area contributed by atoms with Crippen LogP contribution in [0.3, 0.4) is 0 Å². The van der Waals surface area contributed by atoms with Crippen LogP contribution in [0.2, 0.25) is 0 Å². The van der Waals surface area contributed by atoms with Crippen molar-refractivity contribution in [3.63, 3.8) is 0 Å². The average molecular weight is 449 g/mol. The molecule has 9 heteroatoms. The van der Waals surface area contributed by atoms with Crippen molar-refractivity contribution in [3.8, 4) is 0 Å². The summed E-state index contributed by atoms with van der Waals surface area (Å²) in [6.45, 7) is 3.68. The van der Waals surface area contributed by atoms with Gasteiger partial charge in [-0.2, -0.15) is 0 Å². The van der Waals surface area contributed by atoms with Gasteiger partial charge in [-0.1, -0.05) is 13.8 Å². The average Bonchev–Trinajstić information content (AvgIpc) is 2.63. The normalized spacial score (nSPS) is 13.7. The van der Waals surface area contributed by atoms with E-state index in [2.05, 4.69) is 36.6 Å². The molecule has 20 heavy (non-hydrogen) atoms. The molecule has 0 aliphatic rings. The minimum atomic E-state index is -3.71. The van der Waals surface area contributed by atoms with Crippen LogP contribution >= 0.6 is 43.2 Å². The SMILES string of the molecule is CC(C)CC(CNS(=O)(=O)c1cc(Br)sc1Br)C(=O)O. The maximum absolute atomic E-state index is 12.1. The third-order valence-corrected chi connectivity index (χ3v) is 6.72. The molecular weight excluding hydrogens is 434 g/mol. The van der Waals surface area contributed by atoms with Gasteiger partial charge in [0.1, 0.15) is 4.90 Å². The fourth-order valence-electron chi connectivity index (χ4n) is 1.64. The maximum Gasteiger partial charge on any atom is 0.307 e. The fraction of sp³-hybridized carbons (Fsp3) is 0.545. The van der Waals surface area contributed by atoms with E-state index in [0.717, 1.165) is 0 Å². The van der Waals surface area contributed by atoms with Crippen molar-refractivity contribution in [2.24, 2.45) is 11.8 Å². The first-order valence-corrected chi connectivity index (χ1v) is 9.69. The van der Waals surface area contributed by atoms with Gasteiger partial charge in [0.05, 0.1) is 13.5 Å². The maximum atomic E-state index is 12.1. The van der Waals surface area contributed by atoms with Crippen LogP contribution in [0, 0.1) is 11.8 Å². The first-order chi connectivity index (χ1) is 9.13. The smallest absolute Gasteiger partial charge is 0.307 e. The van der Waals surface area contributed by atoms with Gasteiger partial charge < -0.3 is 5.11 Å². The summed E-state index contributed by atoms with van der Waals surface area (Å²) in [5, 5.41) is 9.10. The Bertz CT molecular complexity index is 583. The number of rotatable bonds is 7. The van der Waals surface area contributed by atoms with Crippen LogP contribution in [-0.2, 0) is 14.8 Å². The van der Waals surface area contributed by atoms with Crippen LogP contribution in [0.4, 0.5) is 0 Å². The van der Waals surface area contributed by atoms with E-state index in [4.69, 9.17) is 5.11 Å². The second-order valence-corrected chi connectivity index (χ2v) is 10.2. The van der Waals surface area contributed by atoms with E-state index in [1.54, 1.807) is 0 Å². The van der Waals surface area contributed by atoms with E-state index in [9.17, 15) is 13.2 Å². The molecule has 5 nitrogen and oxygen atoms in total. The van der Waals surface area contributed by atoms with Crippen molar-refractivity contribution < 1.29 is 18.3 Å². The van der Waals surface area contributed by atoms with Gasteiger partial charge in [0, 0.05) is 6.54 Å². The van der Waals surface area contributed by atoms with Crippen molar-refractivity contribution in [2.45, 2.75) is 25.2 Å². The van der Waals surface area contributed by atoms with Crippen LogP contribution in [0.5, 0.6) is 0 Å². The Balaban J connectivity index is 2.81. The molecule has 2 N–H and O–H groups in total. The highest BCUT2D eigenvalue weighted by Gasteiger charge is 2.25. The number of thiophene rings is 1. The lowest BCUT2D eigenvalue weighted by molar-refractivity contribution is -0.142.